The maximum atomic E-state index is 9.48. The molecule has 0 aliphatic rings. The molecule has 0 radical (unpaired) electrons. The Balaban J connectivity index is 2.76. The van der Waals surface area contributed by atoms with E-state index in [2.05, 4.69) is 10.3 Å². The fourth-order valence-corrected chi connectivity index (χ4v) is 1.34. The molecule has 0 saturated carbocycles. The van der Waals surface area contributed by atoms with Crippen molar-refractivity contribution < 1.29 is 14.6 Å². The molecule has 0 amide bonds. The third-order valence-corrected chi connectivity index (χ3v) is 2.52. The summed E-state index contributed by atoms with van der Waals surface area (Å²) in [7, 11) is 0. The first-order chi connectivity index (χ1) is 8.10. The zero-order valence-corrected chi connectivity index (χ0v) is 10.8. The maximum Gasteiger partial charge on any atom is 0.204 e. The monoisotopic (exact) mass is 243 g/mol. The van der Waals surface area contributed by atoms with Crippen LogP contribution in [0.15, 0.2) is 6.20 Å². The second-order valence-corrected chi connectivity index (χ2v) is 3.85. The van der Waals surface area contributed by atoms with E-state index in [9.17, 15) is 5.11 Å². The van der Waals surface area contributed by atoms with Gasteiger partial charge in [-0.15, -0.1) is 5.10 Å². The van der Waals surface area contributed by atoms with E-state index in [1.54, 1.807) is 17.8 Å². The molecule has 1 rings (SSSR count). The zero-order valence-electron chi connectivity index (χ0n) is 10.8. The van der Waals surface area contributed by atoms with Gasteiger partial charge in [-0.1, -0.05) is 5.21 Å². The van der Waals surface area contributed by atoms with Gasteiger partial charge in [0.1, 0.15) is 5.69 Å². The van der Waals surface area contributed by atoms with Gasteiger partial charge in [-0.3, -0.25) is 0 Å². The third-order valence-electron chi connectivity index (χ3n) is 2.52. The minimum absolute atomic E-state index is 0.125. The minimum Gasteiger partial charge on any atom is -0.391 e. The van der Waals surface area contributed by atoms with Crippen LogP contribution in [0.5, 0.6) is 0 Å². The smallest absolute Gasteiger partial charge is 0.204 e. The molecule has 0 bridgehead atoms. The lowest BCUT2D eigenvalue weighted by atomic mass is 10.2. The molecule has 0 fully saturated rings. The number of ether oxygens (including phenoxy) is 2. The summed E-state index contributed by atoms with van der Waals surface area (Å²) in [4.78, 5) is 0. The molecule has 0 aliphatic carbocycles. The van der Waals surface area contributed by atoms with E-state index in [1.165, 1.54) is 0 Å². The van der Waals surface area contributed by atoms with E-state index >= 15 is 0 Å². The van der Waals surface area contributed by atoms with E-state index in [1.807, 2.05) is 20.8 Å². The molecular weight excluding hydrogens is 222 g/mol. The first kappa shape index (κ1) is 14.1. The van der Waals surface area contributed by atoms with Crippen molar-refractivity contribution in [2.45, 2.75) is 46.1 Å². The molecule has 2 atom stereocenters. The third kappa shape index (κ3) is 3.76. The average Bonchev–Trinajstić information content (AvgIpc) is 2.76. The summed E-state index contributed by atoms with van der Waals surface area (Å²) in [6, 6.07) is -0.125. The second kappa shape index (κ2) is 6.68. The largest absolute Gasteiger partial charge is 0.391 e. The Kier molecular flexibility index (Phi) is 5.54. The molecule has 0 saturated heterocycles. The Hall–Kier alpha value is -0.980. The molecule has 98 valence electrons. The first-order valence-electron chi connectivity index (χ1n) is 5.93. The lowest BCUT2D eigenvalue weighted by molar-refractivity contribution is -0.142. The van der Waals surface area contributed by atoms with Gasteiger partial charge in [0.15, 0.2) is 0 Å². The fourth-order valence-electron chi connectivity index (χ4n) is 1.34. The molecule has 6 heteroatoms. The Bertz CT molecular complexity index is 322. The van der Waals surface area contributed by atoms with Crippen LogP contribution in [0, 0.1) is 0 Å². The van der Waals surface area contributed by atoms with Crippen LogP contribution in [0.3, 0.4) is 0 Å². The van der Waals surface area contributed by atoms with E-state index in [0.717, 1.165) is 0 Å². The van der Waals surface area contributed by atoms with Gasteiger partial charge in [0, 0.05) is 13.2 Å². The summed E-state index contributed by atoms with van der Waals surface area (Å²) in [5.41, 5.74) is 0.626. The van der Waals surface area contributed by atoms with Crippen molar-refractivity contribution >= 4 is 0 Å². The molecule has 1 N–H and O–H groups in total. The number of hydrogen-bond donors (Lipinski definition) is 1. The minimum atomic E-state index is -0.486. The lowest BCUT2D eigenvalue weighted by Gasteiger charge is -2.15. The Morgan fingerprint density at radius 2 is 1.88 bits per heavy atom. The highest BCUT2D eigenvalue weighted by atomic mass is 16.7. The zero-order chi connectivity index (χ0) is 12.8. The van der Waals surface area contributed by atoms with Crippen LogP contribution in [-0.4, -0.2) is 39.4 Å². The van der Waals surface area contributed by atoms with Gasteiger partial charge in [0.25, 0.3) is 0 Å². The topological polar surface area (TPSA) is 69.4 Å². The molecule has 0 aliphatic heterocycles. The van der Waals surface area contributed by atoms with Crippen LogP contribution in [0.2, 0.25) is 0 Å². The van der Waals surface area contributed by atoms with Crippen LogP contribution >= 0.6 is 0 Å². The number of aromatic nitrogens is 3. The van der Waals surface area contributed by atoms with E-state index in [0.29, 0.717) is 18.9 Å². The van der Waals surface area contributed by atoms with Gasteiger partial charge < -0.3 is 14.6 Å². The molecular formula is C11H21N3O3. The Labute approximate surface area is 102 Å². The first-order valence-corrected chi connectivity index (χ1v) is 5.93. The molecule has 1 aromatic rings. The van der Waals surface area contributed by atoms with E-state index in [4.69, 9.17) is 9.47 Å². The SMILES string of the molecule is CCOC(OCC)c1cn(C(C)C(C)O)nn1. The standard InChI is InChI=1S/C11H21N3O3/c1-5-16-11(17-6-2)10-7-14(13-12-10)8(3)9(4)15/h7-9,11,15H,5-6H2,1-4H3. The molecule has 2 unspecified atom stereocenters. The highest BCUT2D eigenvalue weighted by molar-refractivity contribution is 4.95. The van der Waals surface area contributed by atoms with Crippen LogP contribution in [0.25, 0.3) is 0 Å². The fraction of sp³-hybridized carbons (Fsp3) is 0.818. The molecule has 6 nitrogen and oxygen atoms in total. The molecule has 0 spiro atoms. The number of hydrogen-bond acceptors (Lipinski definition) is 5. The van der Waals surface area contributed by atoms with Gasteiger partial charge in [0.05, 0.1) is 18.3 Å². The van der Waals surface area contributed by atoms with Crippen molar-refractivity contribution in [3.8, 4) is 0 Å². The lowest BCUT2D eigenvalue weighted by Crippen LogP contribution is -2.18. The van der Waals surface area contributed by atoms with Gasteiger partial charge >= 0.3 is 0 Å². The van der Waals surface area contributed by atoms with Crippen LogP contribution < -0.4 is 0 Å². The Morgan fingerprint density at radius 3 is 2.35 bits per heavy atom. The average molecular weight is 243 g/mol. The van der Waals surface area contributed by atoms with Gasteiger partial charge in [-0.25, -0.2) is 4.68 Å². The van der Waals surface area contributed by atoms with Crippen molar-refractivity contribution in [3.63, 3.8) is 0 Å². The quantitative estimate of drug-likeness (QED) is 0.731. The summed E-state index contributed by atoms with van der Waals surface area (Å²) >= 11 is 0. The van der Waals surface area contributed by atoms with E-state index < -0.39 is 12.4 Å². The molecule has 0 aromatic carbocycles. The highest BCUT2D eigenvalue weighted by Gasteiger charge is 2.19. The van der Waals surface area contributed by atoms with Crippen molar-refractivity contribution in [2.75, 3.05) is 13.2 Å². The molecule has 1 heterocycles. The van der Waals surface area contributed by atoms with Gasteiger partial charge in [-0.2, -0.15) is 0 Å². The molecule has 17 heavy (non-hydrogen) atoms. The maximum absolute atomic E-state index is 9.48. The summed E-state index contributed by atoms with van der Waals surface area (Å²) in [5, 5.41) is 17.5. The summed E-state index contributed by atoms with van der Waals surface area (Å²) in [6.07, 6.45) is 0.773. The van der Waals surface area contributed by atoms with Crippen LogP contribution in [0.1, 0.15) is 45.7 Å². The summed E-state index contributed by atoms with van der Waals surface area (Å²) in [6.45, 7) is 8.48. The van der Waals surface area contributed by atoms with Gasteiger partial charge in [-0.05, 0) is 27.7 Å². The van der Waals surface area contributed by atoms with Crippen LogP contribution in [-0.2, 0) is 9.47 Å². The van der Waals surface area contributed by atoms with Crippen LogP contribution in [0.4, 0.5) is 0 Å². The van der Waals surface area contributed by atoms with E-state index in [-0.39, 0.29) is 6.04 Å². The predicted molar refractivity (Wildman–Crippen MR) is 62.4 cm³/mol. The molecule has 1 aromatic heterocycles. The number of aliphatic hydroxyl groups excluding tert-OH is 1. The summed E-state index contributed by atoms with van der Waals surface area (Å²) < 4.78 is 12.5. The van der Waals surface area contributed by atoms with Crippen molar-refractivity contribution in [1.29, 1.82) is 0 Å². The van der Waals surface area contributed by atoms with Crippen molar-refractivity contribution in [2.24, 2.45) is 0 Å². The number of rotatable bonds is 7. The highest BCUT2D eigenvalue weighted by Crippen LogP contribution is 2.18. The predicted octanol–water partition coefficient (Wildman–Crippen LogP) is 1.29. The summed E-state index contributed by atoms with van der Waals surface area (Å²) in [5.74, 6) is 0. The normalized spacial score (nSPS) is 15.2. The van der Waals surface area contributed by atoms with Crippen molar-refractivity contribution in [1.82, 2.24) is 15.0 Å². The van der Waals surface area contributed by atoms with Gasteiger partial charge in [0.2, 0.25) is 6.29 Å². The number of aliphatic hydroxyl groups is 1. The Morgan fingerprint density at radius 1 is 1.29 bits per heavy atom. The number of nitrogens with zero attached hydrogens (tertiary/aromatic N) is 3. The second-order valence-electron chi connectivity index (χ2n) is 3.85. The van der Waals surface area contributed by atoms with Crippen molar-refractivity contribution in [3.05, 3.63) is 11.9 Å².